The molecule has 4 aromatic carbocycles. The molecular formula is C27H29PSi2. The molecule has 1 unspecified atom stereocenters. The van der Waals surface area contributed by atoms with Crippen LogP contribution in [0.1, 0.15) is 0 Å². The Kier molecular flexibility index (Phi) is 6.79. The molecule has 0 aliphatic rings. The van der Waals surface area contributed by atoms with Crippen LogP contribution in [-0.4, -0.2) is 17.6 Å². The van der Waals surface area contributed by atoms with Gasteiger partial charge in [-0.05, 0) is 29.0 Å². The van der Waals surface area contributed by atoms with Gasteiger partial charge in [0.25, 0.3) is 0 Å². The van der Waals surface area contributed by atoms with E-state index in [1.807, 2.05) is 0 Å². The second kappa shape index (κ2) is 9.70. The Hall–Kier alpha value is -2.26. The van der Waals surface area contributed by atoms with Crippen molar-refractivity contribution < 1.29 is 0 Å². The second-order valence-electron chi connectivity index (χ2n) is 8.07. The summed E-state index contributed by atoms with van der Waals surface area (Å²) in [6.07, 6.45) is 0. The third-order valence-corrected chi connectivity index (χ3v) is 13.5. The van der Waals surface area contributed by atoms with Crippen molar-refractivity contribution >= 4 is 57.0 Å². The lowest BCUT2D eigenvalue weighted by atomic mass is 10.3. The highest BCUT2D eigenvalue weighted by atomic mass is 31.1. The number of hydrogen-bond acceptors (Lipinski definition) is 0. The van der Waals surface area contributed by atoms with Crippen molar-refractivity contribution in [2.45, 2.75) is 19.6 Å². The molecule has 0 amide bonds. The topological polar surface area (TPSA) is 0 Å². The molecule has 0 aromatic heterocycles. The van der Waals surface area contributed by atoms with E-state index < -0.39 is 25.5 Å². The van der Waals surface area contributed by atoms with E-state index in [0.29, 0.717) is 0 Å². The zero-order valence-corrected chi connectivity index (χ0v) is 21.2. The van der Waals surface area contributed by atoms with E-state index in [9.17, 15) is 0 Å². The van der Waals surface area contributed by atoms with E-state index in [1.54, 1.807) is 15.6 Å². The Bertz CT molecular complexity index is 1050. The second-order valence-corrected chi connectivity index (χ2v) is 15.9. The lowest BCUT2D eigenvalue weighted by Gasteiger charge is -2.26. The average molecular weight is 441 g/mol. The first kappa shape index (κ1) is 21.0. The van der Waals surface area contributed by atoms with Gasteiger partial charge in [0.15, 0.2) is 0 Å². The molecule has 0 nitrogen and oxygen atoms in total. The van der Waals surface area contributed by atoms with Crippen LogP contribution in [0.25, 0.3) is 0 Å². The number of benzene rings is 4. The van der Waals surface area contributed by atoms with Crippen molar-refractivity contribution in [1.29, 1.82) is 0 Å². The molecule has 0 saturated carbocycles. The highest BCUT2D eigenvalue weighted by molar-refractivity contribution is 7.80. The lowest BCUT2D eigenvalue weighted by molar-refractivity contribution is 1.74. The maximum atomic E-state index is 2.53. The highest BCUT2D eigenvalue weighted by Crippen LogP contribution is 2.31. The van der Waals surface area contributed by atoms with Crippen LogP contribution in [-0.2, 0) is 0 Å². The minimum absolute atomic E-state index is 0.569. The Morgan fingerprint density at radius 3 is 1.43 bits per heavy atom. The van der Waals surface area contributed by atoms with Gasteiger partial charge in [0.05, 0.1) is 8.80 Å². The number of rotatable bonds is 6. The molecule has 0 aliphatic carbocycles. The van der Waals surface area contributed by atoms with E-state index in [2.05, 4.69) is 129 Å². The van der Waals surface area contributed by atoms with E-state index in [0.717, 1.165) is 0 Å². The van der Waals surface area contributed by atoms with Crippen molar-refractivity contribution in [2.24, 2.45) is 0 Å². The number of hydrogen-bond donors (Lipinski definition) is 0. The van der Waals surface area contributed by atoms with Gasteiger partial charge >= 0.3 is 0 Å². The molecule has 150 valence electrons. The molecule has 4 aromatic rings. The molecule has 0 fully saturated rings. The molecule has 0 N–H and O–H groups in total. The maximum Gasteiger partial charge on any atom is 0.100 e. The van der Waals surface area contributed by atoms with Gasteiger partial charge in [-0.3, -0.25) is 0 Å². The molecule has 0 spiro atoms. The monoisotopic (exact) mass is 440 g/mol. The molecule has 0 saturated heterocycles. The first-order chi connectivity index (χ1) is 14.7. The maximum absolute atomic E-state index is 2.53. The zero-order chi connectivity index (χ0) is 20.9. The van der Waals surface area contributed by atoms with Crippen LogP contribution in [0.2, 0.25) is 19.6 Å². The molecule has 3 heteroatoms. The first-order valence-corrected chi connectivity index (χ1v) is 17.3. The van der Waals surface area contributed by atoms with Crippen LogP contribution >= 0.6 is 7.92 Å². The standard InChI is InChI=1S/C27H29PSi2/c1-29(2)26-20-12-13-21-27(26)30(3)25-19-11-10-18-24(25)28(22-14-6-4-7-15-22)23-16-8-5-9-17-23/h4-21,29-30H,1-3H3. The summed E-state index contributed by atoms with van der Waals surface area (Å²) in [5.41, 5.74) is 0. The zero-order valence-electron chi connectivity index (χ0n) is 18.0. The van der Waals surface area contributed by atoms with Gasteiger partial charge in [-0.25, -0.2) is 0 Å². The summed E-state index contributed by atoms with van der Waals surface area (Å²) < 4.78 is 0. The Morgan fingerprint density at radius 2 is 0.900 bits per heavy atom. The Balaban J connectivity index is 1.88. The normalized spacial score (nSPS) is 12.3. The molecule has 0 heterocycles. The molecule has 0 bridgehead atoms. The van der Waals surface area contributed by atoms with Gasteiger partial charge in [-0.1, -0.05) is 139 Å². The summed E-state index contributed by atoms with van der Waals surface area (Å²) in [6.45, 7) is 7.43. The molecule has 4 rings (SSSR count). The fourth-order valence-electron chi connectivity index (χ4n) is 4.24. The summed E-state index contributed by atoms with van der Waals surface area (Å²) in [5, 5.41) is 9.28. The highest BCUT2D eigenvalue weighted by Gasteiger charge is 2.24. The van der Waals surface area contributed by atoms with Gasteiger partial charge < -0.3 is 0 Å². The van der Waals surface area contributed by atoms with E-state index in [4.69, 9.17) is 0 Å². The largest absolute Gasteiger partial charge is 0.100 e. The van der Waals surface area contributed by atoms with Gasteiger partial charge in [0.1, 0.15) is 8.80 Å². The minimum Gasteiger partial charge on any atom is -0.0682 e. The quantitative estimate of drug-likeness (QED) is 0.319. The van der Waals surface area contributed by atoms with Gasteiger partial charge in [0.2, 0.25) is 0 Å². The van der Waals surface area contributed by atoms with Gasteiger partial charge in [-0.15, -0.1) is 0 Å². The van der Waals surface area contributed by atoms with Gasteiger partial charge in [0, 0.05) is 0 Å². The summed E-state index contributed by atoms with van der Waals surface area (Å²) in [4.78, 5) is 0. The molecule has 0 radical (unpaired) electrons. The van der Waals surface area contributed by atoms with E-state index in [1.165, 1.54) is 15.9 Å². The molecular weight excluding hydrogens is 411 g/mol. The fourth-order valence-corrected chi connectivity index (χ4v) is 12.8. The molecule has 0 aliphatic heterocycles. The van der Waals surface area contributed by atoms with Crippen molar-refractivity contribution in [3.63, 3.8) is 0 Å². The Labute approximate surface area is 185 Å². The predicted molar refractivity (Wildman–Crippen MR) is 142 cm³/mol. The van der Waals surface area contributed by atoms with Crippen LogP contribution in [0.5, 0.6) is 0 Å². The summed E-state index contributed by atoms with van der Waals surface area (Å²) >= 11 is 0. The lowest BCUT2D eigenvalue weighted by Crippen LogP contribution is -2.54. The van der Waals surface area contributed by atoms with Crippen molar-refractivity contribution in [1.82, 2.24) is 0 Å². The summed E-state index contributed by atoms with van der Waals surface area (Å²) in [6, 6.07) is 40.7. The van der Waals surface area contributed by atoms with Crippen LogP contribution in [0.3, 0.4) is 0 Å². The molecule has 1 atom stereocenters. The fraction of sp³-hybridized carbons (Fsp3) is 0.111. The van der Waals surface area contributed by atoms with Gasteiger partial charge in [-0.2, -0.15) is 0 Å². The summed E-state index contributed by atoms with van der Waals surface area (Å²) in [7, 11) is -2.74. The van der Waals surface area contributed by atoms with Crippen LogP contribution in [0, 0.1) is 0 Å². The van der Waals surface area contributed by atoms with Crippen LogP contribution in [0.4, 0.5) is 0 Å². The first-order valence-electron chi connectivity index (χ1n) is 10.7. The van der Waals surface area contributed by atoms with Crippen LogP contribution < -0.4 is 31.5 Å². The minimum atomic E-state index is -1.31. The summed E-state index contributed by atoms with van der Waals surface area (Å²) in [5.74, 6) is 0. The smallest absolute Gasteiger partial charge is 0.0682 e. The van der Waals surface area contributed by atoms with E-state index in [-0.39, 0.29) is 0 Å². The third-order valence-electron chi connectivity index (χ3n) is 5.76. The molecule has 30 heavy (non-hydrogen) atoms. The van der Waals surface area contributed by atoms with Crippen molar-refractivity contribution in [3.8, 4) is 0 Å². The van der Waals surface area contributed by atoms with Crippen molar-refractivity contribution in [2.75, 3.05) is 0 Å². The Morgan fingerprint density at radius 1 is 0.467 bits per heavy atom. The predicted octanol–water partition coefficient (Wildman–Crippen LogP) is 3.11. The average Bonchev–Trinajstić information content (AvgIpc) is 2.80. The third kappa shape index (κ3) is 4.42. The van der Waals surface area contributed by atoms with Crippen LogP contribution in [0.15, 0.2) is 109 Å². The van der Waals surface area contributed by atoms with Crippen molar-refractivity contribution in [3.05, 3.63) is 109 Å². The van der Waals surface area contributed by atoms with E-state index >= 15 is 0 Å². The SMILES string of the molecule is C[SiH](C)c1ccccc1[SiH](C)c1ccccc1P(c1ccccc1)c1ccccc1.